The third kappa shape index (κ3) is 5.78. The average Bonchev–Trinajstić information content (AvgIpc) is 3.39. The largest absolute Gasteiger partial charge is 0.360 e. The van der Waals surface area contributed by atoms with Crippen molar-refractivity contribution < 1.29 is 0 Å². The molecule has 6 aromatic carbocycles. The van der Waals surface area contributed by atoms with Gasteiger partial charge in [-0.15, -0.1) is 0 Å². The number of hydrogen-bond donors (Lipinski definition) is 1. The average molecular weight is 709 g/mol. The highest BCUT2D eigenvalue weighted by Gasteiger charge is 2.29. The molecule has 55 heavy (non-hydrogen) atoms. The molecular weight excluding hydrogens is 669 g/mol. The van der Waals surface area contributed by atoms with Gasteiger partial charge < -0.3 is 10.2 Å². The SMILES string of the molecule is CCC1C=CC=CC(c2cc(C3Nc4cc(-c5c6ccccc6c(-c6ccc7ccccc7c6)c6ccccc56)ccc4N3C)cc(-c3ccccn3)n2)=C1. The first-order valence-corrected chi connectivity index (χ1v) is 19.2. The molecule has 2 aliphatic rings. The lowest BCUT2D eigenvalue weighted by molar-refractivity contribution is 0.776. The van der Waals surface area contributed by atoms with E-state index in [4.69, 9.17) is 9.97 Å². The van der Waals surface area contributed by atoms with Crippen LogP contribution in [0.15, 0.2) is 176 Å². The van der Waals surface area contributed by atoms with Crippen LogP contribution in [0.3, 0.4) is 0 Å². The topological polar surface area (TPSA) is 41.0 Å². The molecule has 0 saturated carbocycles. The summed E-state index contributed by atoms with van der Waals surface area (Å²) in [5, 5.41) is 11.4. The summed E-state index contributed by atoms with van der Waals surface area (Å²) >= 11 is 0. The fraction of sp³-hybridized carbons (Fsp3) is 0.0980. The number of hydrogen-bond acceptors (Lipinski definition) is 4. The molecule has 264 valence electrons. The molecule has 0 spiro atoms. The van der Waals surface area contributed by atoms with Crippen molar-refractivity contribution in [2.24, 2.45) is 5.92 Å². The van der Waals surface area contributed by atoms with E-state index in [-0.39, 0.29) is 6.17 Å². The number of nitrogens with one attached hydrogen (secondary N) is 1. The summed E-state index contributed by atoms with van der Waals surface area (Å²) in [7, 11) is 2.18. The van der Waals surface area contributed by atoms with E-state index in [1.54, 1.807) is 0 Å². The van der Waals surface area contributed by atoms with E-state index in [1.807, 2.05) is 24.4 Å². The van der Waals surface area contributed by atoms with Crippen molar-refractivity contribution in [2.75, 3.05) is 17.3 Å². The predicted molar refractivity (Wildman–Crippen MR) is 232 cm³/mol. The van der Waals surface area contributed by atoms with Crippen molar-refractivity contribution >= 4 is 49.3 Å². The van der Waals surface area contributed by atoms with Crippen LogP contribution in [-0.4, -0.2) is 17.0 Å². The lowest BCUT2D eigenvalue weighted by Crippen LogP contribution is -2.24. The third-order valence-electron chi connectivity index (χ3n) is 11.3. The second-order valence-corrected chi connectivity index (χ2v) is 14.6. The molecule has 2 atom stereocenters. The minimum Gasteiger partial charge on any atom is -0.360 e. The van der Waals surface area contributed by atoms with Gasteiger partial charge in [-0.3, -0.25) is 4.98 Å². The highest BCUT2D eigenvalue weighted by atomic mass is 15.3. The molecule has 4 nitrogen and oxygen atoms in total. The van der Waals surface area contributed by atoms with Crippen LogP contribution in [0.25, 0.3) is 71.5 Å². The molecule has 0 amide bonds. The molecule has 2 aromatic heterocycles. The Hall–Kier alpha value is -6.78. The third-order valence-corrected chi connectivity index (χ3v) is 11.3. The minimum absolute atomic E-state index is 0.0892. The van der Waals surface area contributed by atoms with E-state index in [0.29, 0.717) is 5.92 Å². The molecule has 8 aromatic rings. The van der Waals surface area contributed by atoms with E-state index in [1.165, 1.54) is 54.6 Å². The fourth-order valence-electron chi connectivity index (χ4n) is 8.54. The molecule has 1 N–H and O–H groups in total. The van der Waals surface area contributed by atoms with Crippen molar-refractivity contribution in [1.82, 2.24) is 9.97 Å². The van der Waals surface area contributed by atoms with Gasteiger partial charge in [-0.25, -0.2) is 4.98 Å². The summed E-state index contributed by atoms with van der Waals surface area (Å²) in [6, 6.07) is 50.6. The Morgan fingerprint density at radius 1 is 0.618 bits per heavy atom. The zero-order valence-corrected chi connectivity index (χ0v) is 30.9. The number of fused-ring (bicyclic) bond motifs is 4. The van der Waals surface area contributed by atoms with Gasteiger partial charge in [0.25, 0.3) is 0 Å². The highest BCUT2D eigenvalue weighted by molar-refractivity contribution is 6.22. The Morgan fingerprint density at radius 2 is 1.27 bits per heavy atom. The minimum atomic E-state index is -0.0892. The molecule has 4 heteroatoms. The summed E-state index contributed by atoms with van der Waals surface area (Å²) in [6.45, 7) is 2.23. The molecule has 0 radical (unpaired) electrons. The summed E-state index contributed by atoms with van der Waals surface area (Å²) in [5.74, 6) is 0.359. The Kier molecular flexibility index (Phi) is 8.10. The molecule has 0 bridgehead atoms. The van der Waals surface area contributed by atoms with Crippen molar-refractivity contribution in [3.8, 4) is 33.6 Å². The molecule has 0 fully saturated rings. The van der Waals surface area contributed by atoms with Gasteiger partial charge in [0.2, 0.25) is 0 Å². The first kappa shape index (κ1) is 32.8. The molecule has 2 unspecified atom stereocenters. The van der Waals surface area contributed by atoms with Crippen LogP contribution in [0, 0.1) is 5.92 Å². The van der Waals surface area contributed by atoms with Crippen LogP contribution >= 0.6 is 0 Å². The second-order valence-electron chi connectivity index (χ2n) is 14.6. The number of benzene rings is 6. The predicted octanol–water partition coefficient (Wildman–Crippen LogP) is 13.0. The zero-order valence-electron chi connectivity index (χ0n) is 30.9. The van der Waals surface area contributed by atoms with E-state index in [2.05, 4.69) is 176 Å². The number of allylic oxidation sites excluding steroid dienone is 6. The Morgan fingerprint density at radius 3 is 1.98 bits per heavy atom. The molecule has 3 heterocycles. The quantitative estimate of drug-likeness (QED) is 0.175. The lowest BCUT2D eigenvalue weighted by atomic mass is 9.85. The lowest BCUT2D eigenvalue weighted by Gasteiger charge is -2.24. The van der Waals surface area contributed by atoms with Crippen molar-refractivity contribution in [1.29, 1.82) is 0 Å². The molecule has 0 saturated heterocycles. The van der Waals surface area contributed by atoms with Crippen molar-refractivity contribution in [2.45, 2.75) is 19.5 Å². The maximum absolute atomic E-state index is 5.18. The van der Waals surface area contributed by atoms with Gasteiger partial charge in [-0.05, 0) is 121 Å². The first-order chi connectivity index (χ1) is 27.1. The van der Waals surface area contributed by atoms with Gasteiger partial charge in [-0.1, -0.05) is 134 Å². The number of nitrogens with zero attached hydrogens (tertiary/aromatic N) is 3. The number of pyridine rings is 2. The Labute approximate surface area is 321 Å². The van der Waals surface area contributed by atoms with E-state index >= 15 is 0 Å². The van der Waals surface area contributed by atoms with Crippen LogP contribution in [0.1, 0.15) is 30.8 Å². The summed E-state index contributed by atoms with van der Waals surface area (Å²) in [6.07, 6.45) is 13.8. The van der Waals surface area contributed by atoms with E-state index in [9.17, 15) is 0 Å². The summed E-state index contributed by atoms with van der Waals surface area (Å²) in [4.78, 5) is 12.2. The van der Waals surface area contributed by atoms with Crippen LogP contribution in [-0.2, 0) is 0 Å². The van der Waals surface area contributed by atoms with Gasteiger partial charge in [-0.2, -0.15) is 0 Å². The Bertz CT molecular complexity index is 2810. The maximum atomic E-state index is 5.18. The smallest absolute Gasteiger partial charge is 0.126 e. The number of anilines is 2. The number of rotatable bonds is 6. The summed E-state index contributed by atoms with van der Waals surface area (Å²) < 4.78 is 0. The monoisotopic (exact) mass is 708 g/mol. The first-order valence-electron chi connectivity index (χ1n) is 19.2. The van der Waals surface area contributed by atoms with Gasteiger partial charge in [0.1, 0.15) is 6.17 Å². The molecule has 10 rings (SSSR count). The van der Waals surface area contributed by atoms with Crippen molar-refractivity contribution in [3.05, 3.63) is 187 Å². The van der Waals surface area contributed by atoms with E-state index in [0.717, 1.165) is 46.0 Å². The van der Waals surface area contributed by atoms with Crippen LogP contribution in [0.4, 0.5) is 11.4 Å². The van der Waals surface area contributed by atoms with E-state index < -0.39 is 0 Å². The van der Waals surface area contributed by atoms with Crippen LogP contribution in [0.5, 0.6) is 0 Å². The normalized spacial score (nSPS) is 16.3. The second kappa shape index (κ2) is 13.6. The number of aromatic nitrogens is 2. The highest BCUT2D eigenvalue weighted by Crippen LogP contribution is 2.48. The molecular formula is C51H40N4. The van der Waals surface area contributed by atoms with Gasteiger partial charge in [0, 0.05) is 13.2 Å². The van der Waals surface area contributed by atoms with Gasteiger partial charge in [0.15, 0.2) is 0 Å². The Balaban J connectivity index is 1.09. The standard InChI is InChI=1S/C51H40N4/c1-3-33-14-4-5-17-36(28-33)45-31-39(32-46(53-45)44-22-12-13-27-52-44)51-54-47-30-38(25-26-48(47)55(51)2)50-42-20-10-8-18-40(42)49(41-19-9-11-21-43(41)50)37-24-23-34-15-6-7-16-35(34)29-37/h4-33,51,54H,3H2,1-2H3. The van der Waals surface area contributed by atoms with Gasteiger partial charge >= 0.3 is 0 Å². The van der Waals surface area contributed by atoms with Crippen LogP contribution in [0.2, 0.25) is 0 Å². The maximum Gasteiger partial charge on any atom is 0.126 e. The van der Waals surface area contributed by atoms with Gasteiger partial charge in [0.05, 0.1) is 28.5 Å². The summed E-state index contributed by atoms with van der Waals surface area (Å²) in [5.41, 5.74) is 12.2. The van der Waals surface area contributed by atoms with Crippen LogP contribution < -0.4 is 10.2 Å². The fourth-order valence-corrected chi connectivity index (χ4v) is 8.54. The zero-order chi connectivity index (χ0) is 36.9. The molecule has 1 aliphatic carbocycles. The van der Waals surface area contributed by atoms with Crippen molar-refractivity contribution in [3.63, 3.8) is 0 Å². The molecule has 1 aliphatic heterocycles.